The minimum atomic E-state index is -4.36. The fourth-order valence-corrected chi connectivity index (χ4v) is 2.28. The lowest BCUT2D eigenvalue weighted by atomic mass is 10.1. The number of anilines is 1. The molecule has 0 bridgehead atoms. The van der Waals surface area contributed by atoms with Crippen LogP contribution < -0.4 is 10.1 Å². The standard InChI is InChI=1S/C18H15F3N4O/c1-26-16-6-5-13(11-24-16)17-22-8-7-15(25-17)23-10-12-3-2-4-14(9-12)18(19,20)21/h2-9,11H,10H2,1H3,(H,22,23,25). The first kappa shape index (κ1) is 17.7. The topological polar surface area (TPSA) is 59.9 Å². The summed E-state index contributed by atoms with van der Waals surface area (Å²) in [6, 6.07) is 10.3. The van der Waals surface area contributed by atoms with E-state index in [2.05, 4.69) is 20.3 Å². The van der Waals surface area contributed by atoms with Gasteiger partial charge in [-0.3, -0.25) is 0 Å². The monoisotopic (exact) mass is 360 g/mol. The number of nitrogens with zero attached hydrogens (tertiary/aromatic N) is 3. The average Bonchev–Trinajstić information content (AvgIpc) is 2.66. The number of halogens is 3. The molecule has 2 heterocycles. The van der Waals surface area contributed by atoms with Crippen molar-refractivity contribution in [3.05, 3.63) is 66.0 Å². The molecule has 0 unspecified atom stereocenters. The Morgan fingerprint density at radius 3 is 2.62 bits per heavy atom. The number of rotatable bonds is 5. The summed E-state index contributed by atoms with van der Waals surface area (Å²) in [4.78, 5) is 12.6. The third kappa shape index (κ3) is 4.27. The highest BCUT2D eigenvalue weighted by Crippen LogP contribution is 2.29. The SMILES string of the molecule is COc1ccc(-c2nccc(NCc3cccc(C(F)(F)F)c3)n2)cn1. The lowest BCUT2D eigenvalue weighted by Gasteiger charge is -2.10. The molecule has 2 aromatic heterocycles. The first-order valence-corrected chi connectivity index (χ1v) is 7.69. The van der Waals surface area contributed by atoms with Crippen molar-refractivity contribution in [2.24, 2.45) is 0 Å². The van der Waals surface area contributed by atoms with Gasteiger partial charge in [0.15, 0.2) is 5.82 Å². The van der Waals surface area contributed by atoms with Crippen LogP contribution in [0.15, 0.2) is 54.9 Å². The number of benzene rings is 1. The average molecular weight is 360 g/mol. The van der Waals surface area contributed by atoms with Crippen LogP contribution in [0.2, 0.25) is 0 Å². The van der Waals surface area contributed by atoms with E-state index in [-0.39, 0.29) is 6.54 Å². The van der Waals surface area contributed by atoms with Gasteiger partial charge in [-0.25, -0.2) is 15.0 Å². The van der Waals surface area contributed by atoms with Gasteiger partial charge < -0.3 is 10.1 Å². The number of aromatic nitrogens is 3. The maximum absolute atomic E-state index is 12.8. The molecule has 0 saturated heterocycles. The van der Waals surface area contributed by atoms with Crippen LogP contribution in [-0.4, -0.2) is 22.1 Å². The summed E-state index contributed by atoms with van der Waals surface area (Å²) in [5.74, 6) is 1.44. The lowest BCUT2D eigenvalue weighted by molar-refractivity contribution is -0.137. The van der Waals surface area contributed by atoms with Crippen LogP contribution in [0.4, 0.5) is 19.0 Å². The van der Waals surface area contributed by atoms with Crippen LogP contribution >= 0.6 is 0 Å². The number of hydrogen-bond acceptors (Lipinski definition) is 5. The molecule has 5 nitrogen and oxygen atoms in total. The normalized spacial score (nSPS) is 11.2. The van der Waals surface area contributed by atoms with Crippen molar-refractivity contribution in [3.8, 4) is 17.3 Å². The molecule has 0 fully saturated rings. The molecule has 3 aromatic rings. The van der Waals surface area contributed by atoms with Crippen LogP contribution in [-0.2, 0) is 12.7 Å². The van der Waals surface area contributed by atoms with E-state index in [1.807, 2.05) is 0 Å². The van der Waals surface area contributed by atoms with E-state index in [1.54, 1.807) is 36.7 Å². The van der Waals surface area contributed by atoms with Crippen LogP contribution in [0, 0.1) is 0 Å². The summed E-state index contributed by atoms with van der Waals surface area (Å²) < 4.78 is 43.3. The Hall–Kier alpha value is -3.16. The molecule has 1 aromatic carbocycles. The van der Waals surface area contributed by atoms with E-state index >= 15 is 0 Å². The fourth-order valence-electron chi connectivity index (χ4n) is 2.28. The van der Waals surface area contributed by atoms with E-state index in [0.29, 0.717) is 28.6 Å². The number of ether oxygens (including phenoxy) is 1. The first-order chi connectivity index (χ1) is 12.5. The number of pyridine rings is 1. The molecule has 8 heteroatoms. The first-order valence-electron chi connectivity index (χ1n) is 7.69. The lowest BCUT2D eigenvalue weighted by Crippen LogP contribution is -2.07. The molecule has 0 amide bonds. The second-order valence-electron chi connectivity index (χ2n) is 5.41. The Labute approximate surface area is 147 Å². The second-order valence-corrected chi connectivity index (χ2v) is 5.41. The van der Waals surface area contributed by atoms with Crippen LogP contribution in [0.1, 0.15) is 11.1 Å². The van der Waals surface area contributed by atoms with Crippen molar-refractivity contribution in [3.63, 3.8) is 0 Å². The summed E-state index contributed by atoms with van der Waals surface area (Å²) >= 11 is 0. The van der Waals surface area contributed by atoms with Gasteiger partial charge in [0.05, 0.1) is 12.7 Å². The number of alkyl halides is 3. The molecule has 0 aliphatic rings. The van der Waals surface area contributed by atoms with Crippen molar-refractivity contribution in [2.45, 2.75) is 12.7 Å². The van der Waals surface area contributed by atoms with Crippen molar-refractivity contribution in [2.75, 3.05) is 12.4 Å². The molecule has 0 spiro atoms. The van der Waals surface area contributed by atoms with Gasteiger partial charge in [-0.2, -0.15) is 13.2 Å². The summed E-state index contributed by atoms with van der Waals surface area (Å²) in [5.41, 5.74) is 0.532. The van der Waals surface area contributed by atoms with Crippen molar-refractivity contribution in [1.82, 2.24) is 15.0 Å². The highest BCUT2D eigenvalue weighted by Gasteiger charge is 2.30. The predicted octanol–water partition coefficient (Wildman–Crippen LogP) is 4.18. The Kier molecular flexibility index (Phi) is 5.01. The van der Waals surface area contributed by atoms with E-state index in [1.165, 1.54) is 13.2 Å². The van der Waals surface area contributed by atoms with Crippen molar-refractivity contribution >= 4 is 5.82 Å². The van der Waals surface area contributed by atoms with E-state index in [4.69, 9.17) is 4.74 Å². The zero-order chi connectivity index (χ0) is 18.6. The summed E-state index contributed by atoms with van der Waals surface area (Å²) in [6.45, 7) is 0.210. The van der Waals surface area contributed by atoms with Gasteiger partial charge in [0.2, 0.25) is 5.88 Å². The third-order valence-electron chi connectivity index (χ3n) is 3.59. The zero-order valence-electron chi connectivity index (χ0n) is 13.8. The fraction of sp³-hybridized carbons (Fsp3) is 0.167. The van der Waals surface area contributed by atoms with Gasteiger partial charge in [-0.15, -0.1) is 0 Å². The van der Waals surface area contributed by atoms with Crippen molar-refractivity contribution in [1.29, 1.82) is 0 Å². The summed E-state index contributed by atoms with van der Waals surface area (Å²) in [6.07, 6.45) is -1.20. The van der Waals surface area contributed by atoms with Crippen molar-refractivity contribution < 1.29 is 17.9 Å². The molecule has 1 N–H and O–H groups in total. The summed E-state index contributed by atoms with van der Waals surface area (Å²) in [5, 5.41) is 3.01. The predicted molar refractivity (Wildman–Crippen MR) is 90.6 cm³/mol. The Balaban J connectivity index is 1.73. The minimum Gasteiger partial charge on any atom is -0.481 e. The highest BCUT2D eigenvalue weighted by molar-refractivity contribution is 5.56. The highest BCUT2D eigenvalue weighted by atomic mass is 19.4. The molecular formula is C18H15F3N4O. The maximum Gasteiger partial charge on any atom is 0.416 e. The summed E-state index contributed by atoms with van der Waals surface area (Å²) in [7, 11) is 1.52. The molecule has 0 aliphatic heterocycles. The smallest absolute Gasteiger partial charge is 0.416 e. The Morgan fingerprint density at radius 1 is 1.08 bits per heavy atom. The molecule has 134 valence electrons. The Bertz CT molecular complexity index is 882. The van der Waals surface area contributed by atoms with Crippen LogP contribution in [0.25, 0.3) is 11.4 Å². The Morgan fingerprint density at radius 2 is 1.92 bits per heavy atom. The molecule has 0 atom stereocenters. The number of methoxy groups -OCH3 is 1. The van der Waals surface area contributed by atoms with E-state index in [0.717, 1.165) is 12.1 Å². The molecule has 0 saturated carbocycles. The molecular weight excluding hydrogens is 345 g/mol. The van der Waals surface area contributed by atoms with Gasteiger partial charge >= 0.3 is 6.18 Å². The zero-order valence-corrected chi connectivity index (χ0v) is 13.8. The van der Waals surface area contributed by atoms with Crippen LogP contribution in [0.3, 0.4) is 0 Å². The van der Waals surface area contributed by atoms with Crippen LogP contribution in [0.5, 0.6) is 5.88 Å². The molecule has 0 aliphatic carbocycles. The molecule has 3 rings (SSSR count). The largest absolute Gasteiger partial charge is 0.481 e. The number of nitrogens with one attached hydrogen (secondary N) is 1. The minimum absolute atomic E-state index is 0.210. The van der Waals surface area contributed by atoms with Gasteiger partial charge in [-0.05, 0) is 29.8 Å². The van der Waals surface area contributed by atoms with E-state index in [9.17, 15) is 13.2 Å². The van der Waals surface area contributed by atoms with E-state index < -0.39 is 11.7 Å². The number of hydrogen-bond donors (Lipinski definition) is 1. The van der Waals surface area contributed by atoms with Gasteiger partial charge in [-0.1, -0.05) is 12.1 Å². The third-order valence-corrected chi connectivity index (χ3v) is 3.59. The van der Waals surface area contributed by atoms with Gasteiger partial charge in [0, 0.05) is 30.6 Å². The van der Waals surface area contributed by atoms with Gasteiger partial charge in [0.1, 0.15) is 5.82 Å². The second kappa shape index (κ2) is 7.38. The van der Waals surface area contributed by atoms with Gasteiger partial charge in [0.25, 0.3) is 0 Å². The maximum atomic E-state index is 12.8. The molecule has 0 radical (unpaired) electrons. The molecule has 26 heavy (non-hydrogen) atoms. The quantitative estimate of drug-likeness (QED) is 0.740.